The van der Waals surface area contributed by atoms with Gasteiger partial charge in [0.25, 0.3) is 0 Å². The largest absolute Gasteiger partial charge is 0.497 e. The zero-order valence-corrected chi connectivity index (χ0v) is 13.7. The van der Waals surface area contributed by atoms with Gasteiger partial charge in [0.1, 0.15) is 11.5 Å². The number of thiophene rings is 1. The maximum Gasteiger partial charge on any atom is 0.203 e. The molecular weight excluding hydrogens is 308 g/mol. The fraction of sp³-hybridized carbons (Fsp3) is 0.105. The minimum absolute atomic E-state index is 0.00957. The molecule has 0 spiro atoms. The summed E-state index contributed by atoms with van der Waals surface area (Å²) in [6, 6.07) is 14.9. The number of Topliss-reactive ketones (excluding diaryl/α,β-unsaturated/α-hetero) is 1. The summed E-state index contributed by atoms with van der Waals surface area (Å²) < 4.78 is 10.6. The number of methoxy groups -OCH3 is 1. The standard InChI is InChI=1S/C19H16O3S/c1-13-5-10-18(23-13)19(20)17(12-16-4-3-11-22-16)14-6-8-15(21-2)9-7-14/h3-12H,1-2H3/b17-12+. The predicted molar refractivity (Wildman–Crippen MR) is 93.0 cm³/mol. The molecule has 3 nitrogen and oxygen atoms in total. The van der Waals surface area contributed by atoms with Gasteiger partial charge in [0.05, 0.1) is 18.3 Å². The molecule has 0 aliphatic carbocycles. The van der Waals surface area contributed by atoms with Gasteiger partial charge in [0, 0.05) is 10.5 Å². The Morgan fingerprint density at radius 2 is 1.91 bits per heavy atom. The van der Waals surface area contributed by atoms with Crippen LogP contribution in [0.3, 0.4) is 0 Å². The van der Waals surface area contributed by atoms with E-state index in [1.807, 2.05) is 49.4 Å². The zero-order chi connectivity index (χ0) is 16.2. The van der Waals surface area contributed by atoms with Crippen LogP contribution < -0.4 is 4.74 Å². The van der Waals surface area contributed by atoms with Crippen molar-refractivity contribution in [3.05, 3.63) is 75.9 Å². The van der Waals surface area contributed by atoms with Crippen LogP contribution in [0.4, 0.5) is 0 Å². The van der Waals surface area contributed by atoms with Crippen LogP contribution in [0.5, 0.6) is 5.75 Å². The number of aryl methyl sites for hydroxylation is 1. The number of allylic oxidation sites excluding steroid dienone is 1. The summed E-state index contributed by atoms with van der Waals surface area (Å²) in [5.74, 6) is 1.40. The Hall–Kier alpha value is -2.59. The van der Waals surface area contributed by atoms with Gasteiger partial charge in [0.15, 0.2) is 0 Å². The van der Waals surface area contributed by atoms with Crippen LogP contribution >= 0.6 is 11.3 Å². The van der Waals surface area contributed by atoms with Gasteiger partial charge in [-0.3, -0.25) is 4.79 Å². The quantitative estimate of drug-likeness (QED) is 0.485. The molecule has 0 atom stereocenters. The highest BCUT2D eigenvalue weighted by Gasteiger charge is 2.17. The van der Waals surface area contributed by atoms with E-state index in [2.05, 4.69) is 0 Å². The van der Waals surface area contributed by atoms with Crippen molar-refractivity contribution in [2.24, 2.45) is 0 Å². The highest BCUT2D eigenvalue weighted by molar-refractivity contribution is 7.14. The Labute approximate surface area is 138 Å². The molecule has 2 aromatic heterocycles. The molecule has 3 rings (SSSR count). The topological polar surface area (TPSA) is 39.4 Å². The molecule has 0 bridgehead atoms. The molecule has 0 aliphatic rings. The van der Waals surface area contributed by atoms with Gasteiger partial charge in [-0.1, -0.05) is 12.1 Å². The number of hydrogen-bond donors (Lipinski definition) is 0. The fourth-order valence-corrected chi connectivity index (χ4v) is 3.08. The second-order valence-corrected chi connectivity index (χ2v) is 6.33. The summed E-state index contributed by atoms with van der Waals surface area (Å²) in [6.45, 7) is 1.99. The molecule has 3 aromatic rings. The number of ether oxygens (including phenoxy) is 1. The molecule has 4 heteroatoms. The third-order valence-corrected chi connectivity index (χ3v) is 4.44. The first kappa shape index (κ1) is 15.3. The molecule has 0 saturated heterocycles. The van der Waals surface area contributed by atoms with Crippen LogP contribution in [-0.4, -0.2) is 12.9 Å². The van der Waals surface area contributed by atoms with Crippen LogP contribution in [-0.2, 0) is 0 Å². The lowest BCUT2D eigenvalue weighted by Gasteiger charge is -2.07. The Morgan fingerprint density at radius 1 is 1.13 bits per heavy atom. The second kappa shape index (κ2) is 6.67. The van der Waals surface area contributed by atoms with Crippen LogP contribution in [0.25, 0.3) is 11.6 Å². The van der Waals surface area contributed by atoms with Crippen molar-refractivity contribution >= 4 is 28.8 Å². The first-order chi connectivity index (χ1) is 11.2. The molecule has 0 unspecified atom stereocenters. The smallest absolute Gasteiger partial charge is 0.203 e. The van der Waals surface area contributed by atoms with E-state index in [1.54, 1.807) is 25.5 Å². The number of furan rings is 1. The van der Waals surface area contributed by atoms with Gasteiger partial charge >= 0.3 is 0 Å². The molecule has 2 heterocycles. The number of ketones is 1. The minimum Gasteiger partial charge on any atom is -0.497 e. The molecule has 0 fully saturated rings. The van der Waals surface area contributed by atoms with Crippen molar-refractivity contribution in [3.63, 3.8) is 0 Å². The highest BCUT2D eigenvalue weighted by atomic mass is 32.1. The number of benzene rings is 1. The molecule has 0 amide bonds. The molecule has 23 heavy (non-hydrogen) atoms. The Morgan fingerprint density at radius 3 is 2.48 bits per heavy atom. The second-order valence-electron chi connectivity index (χ2n) is 5.04. The Bertz CT molecular complexity index is 824. The molecule has 0 N–H and O–H groups in total. The first-order valence-corrected chi connectivity index (χ1v) is 8.00. The molecule has 0 saturated carbocycles. The predicted octanol–water partition coefficient (Wildman–Crippen LogP) is 5.08. The monoisotopic (exact) mass is 324 g/mol. The van der Waals surface area contributed by atoms with Gasteiger partial charge in [-0.05, 0) is 55.0 Å². The maximum atomic E-state index is 12.9. The van der Waals surface area contributed by atoms with Crippen LogP contribution in [0.2, 0.25) is 0 Å². The SMILES string of the molecule is COc1ccc(/C(=C\c2ccco2)C(=O)c2ccc(C)s2)cc1. The molecule has 1 aromatic carbocycles. The number of hydrogen-bond acceptors (Lipinski definition) is 4. The van der Waals surface area contributed by atoms with Crippen molar-refractivity contribution in [2.45, 2.75) is 6.92 Å². The van der Waals surface area contributed by atoms with E-state index in [4.69, 9.17) is 9.15 Å². The number of rotatable bonds is 5. The van der Waals surface area contributed by atoms with E-state index in [9.17, 15) is 4.79 Å². The Kier molecular flexibility index (Phi) is 4.44. The highest BCUT2D eigenvalue weighted by Crippen LogP contribution is 2.28. The van der Waals surface area contributed by atoms with E-state index in [0.29, 0.717) is 11.3 Å². The van der Waals surface area contributed by atoms with Crippen molar-refractivity contribution in [3.8, 4) is 5.75 Å². The molecule has 0 radical (unpaired) electrons. The summed E-state index contributed by atoms with van der Waals surface area (Å²) >= 11 is 1.49. The van der Waals surface area contributed by atoms with Gasteiger partial charge in [-0.15, -0.1) is 11.3 Å². The molecule has 0 aliphatic heterocycles. The van der Waals surface area contributed by atoms with Crippen LogP contribution in [0.1, 0.15) is 25.9 Å². The normalized spacial score (nSPS) is 11.5. The van der Waals surface area contributed by atoms with Crippen LogP contribution in [0, 0.1) is 6.92 Å². The van der Waals surface area contributed by atoms with Crippen molar-refractivity contribution < 1.29 is 13.9 Å². The number of carbonyl (C=O) groups is 1. The van der Waals surface area contributed by atoms with E-state index >= 15 is 0 Å². The number of carbonyl (C=O) groups excluding carboxylic acids is 1. The van der Waals surface area contributed by atoms with Crippen molar-refractivity contribution in [1.82, 2.24) is 0 Å². The maximum absolute atomic E-state index is 12.9. The summed E-state index contributed by atoms with van der Waals surface area (Å²) in [5.41, 5.74) is 1.43. The van der Waals surface area contributed by atoms with Crippen molar-refractivity contribution in [1.29, 1.82) is 0 Å². The van der Waals surface area contributed by atoms with E-state index in [1.165, 1.54) is 11.3 Å². The third kappa shape index (κ3) is 3.43. The molecular formula is C19H16O3S. The summed E-state index contributed by atoms with van der Waals surface area (Å²) in [6.07, 6.45) is 3.37. The lowest BCUT2D eigenvalue weighted by atomic mass is 9.99. The van der Waals surface area contributed by atoms with Crippen molar-refractivity contribution in [2.75, 3.05) is 7.11 Å². The van der Waals surface area contributed by atoms with E-state index in [-0.39, 0.29) is 5.78 Å². The lowest BCUT2D eigenvalue weighted by molar-refractivity contribution is 0.106. The lowest BCUT2D eigenvalue weighted by Crippen LogP contribution is -2.00. The van der Waals surface area contributed by atoms with Gasteiger partial charge in [-0.25, -0.2) is 0 Å². The summed E-state index contributed by atoms with van der Waals surface area (Å²) in [4.78, 5) is 14.7. The average molecular weight is 324 g/mol. The summed E-state index contributed by atoms with van der Waals surface area (Å²) in [5, 5.41) is 0. The van der Waals surface area contributed by atoms with Gasteiger partial charge < -0.3 is 9.15 Å². The Balaban J connectivity index is 2.04. The van der Waals surface area contributed by atoms with E-state index in [0.717, 1.165) is 21.1 Å². The first-order valence-electron chi connectivity index (χ1n) is 7.18. The van der Waals surface area contributed by atoms with Crippen LogP contribution in [0.15, 0.2) is 59.2 Å². The third-order valence-electron chi connectivity index (χ3n) is 3.44. The van der Waals surface area contributed by atoms with Gasteiger partial charge in [-0.2, -0.15) is 0 Å². The molecule has 116 valence electrons. The minimum atomic E-state index is -0.00957. The average Bonchev–Trinajstić information content (AvgIpc) is 3.24. The van der Waals surface area contributed by atoms with Gasteiger partial charge in [0.2, 0.25) is 5.78 Å². The van der Waals surface area contributed by atoms with E-state index < -0.39 is 0 Å². The zero-order valence-electron chi connectivity index (χ0n) is 12.9. The summed E-state index contributed by atoms with van der Waals surface area (Å²) in [7, 11) is 1.62. The fourth-order valence-electron chi connectivity index (χ4n) is 2.26.